The molecule has 1 aromatic heterocycles. The van der Waals surface area contributed by atoms with Gasteiger partial charge in [-0.2, -0.15) is 0 Å². The van der Waals surface area contributed by atoms with Crippen molar-refractivity contribution in [2.75, 3.05) is 12.8 Å². The van der Waals surface area contributed by atoms with Gasteiger partial charge < -0.3 is 10.4 Å². The van der Waals surface area contributed by atoms with Crippen molar-refractivity contribution in [3.8, 4) is 11.8 Å². The molecule has 0 radical (unpaired) electrons. The number of ketones is 8. The summed E-state index contributed by atoms with van der Waals surface area (Å²) in [7, 11) is -3.50. The maximum atomic E-state index is 12.2. The van der Waals surface area contributed by atoms with Gasteiger partial charge in [0.2, 0.25) is 20.9 Å². The minimum Gasteiger partial charge on any atom is -0.481 e. The van der Waals surface area contributed by atoms with Crippen LogP contribution >= 0.6 is 0 Å². The molecule has 16 nitrogen and oxygen atoms in total. The van der Waals surface area contributed by atoms with Crippen molar-refractivity contribution in [1.29, 1.82) is 0 Å². The number of nitrogens with one attached hydrogen (secondary N) is 1. The van der Waals surface area contributed by atoms with Crippen LogP contribution in [0.5, 0.6) is 0 Å². The van der Waals surface area contributed by atoms with Crippen LogP contribution in [0, 0.1) is 11.8 Å². The first-order chi connectivity index (χ1) is 25.9. The number of aromatic nitrogens is 2. The highest BCUT2D eigenvalue weighted by molar-refractivity contribution is 7.90. The van der Waals surface area contributed by atoms with Crippen molar-refractivity contribution < 1.29 is 61.5 Å². The summed E-state index contributed by atoms with van der Waals surface area (Å²) in [6.07, 6.45) is 3.20. The summed E-state index contributed by atoms with van der Waals surface area (Å²) in [5.41, 5.74) is 0.439. The predicted octanol–water partition coefficient (Wildman–Crippen LogP) is 2.79. The van der Waals surface area contributed by atoms with Crippen molar-refractivity contribution in [3.63, 3.8) is 0 Å². The number of rotatable bonds is 31. The third-order valence-corrected chi connectivity index (χ3v) is 8.89. The van der Waals surface area contributed by atoms with Gasteiger partial charge in [0.05, 0.1) is 12.0 Å². The molecule has 0 saturated heterocycles. The first-order valence-electron chi connectivity index (χ1n) is 18.1. The number of Topliss-reactive ketones (excluding diaryl/α,β-unsaturated/α-hetero) is 8. The van der Waals surface area contributed by atoms with E-state index in [1.54, 1.807) is 0 Å². The summed E-state index contributed by atoms with van der Waals surface area (Å²) < 4.78 is 22.8. The smallest absolute Gasteiger partial charge is 0.303 e. The molecule has 1 rings (SSSR count). The number of hydrogen-bond donors (Lipinski definition) is 2. The van der Waals surface area contributed by atoms with Gasteiger partial charge in [-0.3, -0.25) is 47.9 Å². The molecule has 55 heavy (non-hydrogen) atoms. The molecule has 0 aliphatic rings. The normalized spacial score (nSPS) is 10.8. The summed E-state index contributed by atoms with van der Waals surface area (Å²) >= 11 is 0. The van der Waals surface area contributed by atoms with Crippen LogP contribution in [0.25, 0.3) is 0 Å². The molecule has 0 aromatic carbocycles. The van der Waals surface area contributed by atoms with E-state index in [-0.39, 0.29) is 179 Å². The number of carbonyl (C=O) groups excluding carboxylic acids is 9. The molecule has 1 aromatic rings. The average molecular weight is 788 g/mol. The van der Waals surface area contributed by atoms with Gasteiger partial charge in [-0.1, -0.05) is 11.8 Å². The lowest BCUT2D eigenvalue weighted by Crippen LogP contribution is -2.25. The van der Waals surface area contributed by atoms with Crippen LogP contribution in [0.15, 0.2) is 17.6 Å². The molecule has 17 heteroatoms. The molecule has 0 aliphatic heterocycles. The summed E-state index contributed by atoms with van der Waals surface area (Å²) in [5, 5.41) is 10.9. The fourth-order valence-corrected chi connectivity index (χ4v) is 5.19. The number of unbranched alkanes of at least 4 members (excludes halogenated alkanes) is 1. The number of carboxylic acid groups (broad SMARTS) is 1. The van der Waals surface area contributed by atoms with E-state index in [0.717, 1.165) is 6.26 Å². The Kier molecular flexibility index (Phi) is 23.2. The molecule has 0 bridgehead atoms. The summed E-state index contributed by atoms with van der Waals surface area (Å²) in [6.45, 7) is 0.117. The SMILES string of the molecule is CS(=O)(=O)c1ncc(C#CCCCC(=O)NCCC(=O)CCC(=O)CCC(=O)CCC(=O)CCC(=O)CCC(=O)CCC(=O)CCC(=O)CCC(=O)O)cn1. The number of sulfone groups is 1. The van der Waals surface area contributed by atoms with E-state index in [4.69, 9.17) is 5.11 Å². The molecule has 0 fully saturated rings. The fourth-order valence-electron chi connectivity index (χ4n) is 4.70. The second kappa shape index (κ2) is 26.6. The fraction of sp³-hybridized carbons (Fsp3) is 0.579. The highest BCUT2D eigenvalue weighted by Gasteiger charge is 2.15. The lowest BCUT2D eigenvalue weighted by Gasteiger charge is -2.05. The highest BCUT2D eigenvalue weighted by atomic mass is 32.2. The maximum absolute atomic E-state index is 12.2. The second-order valence-corrected chi connectivity index (χ2v) is 14.9. The Morgan fingerprint density at radius 3 is 1.20 bits per heavy atom. The maximum Gasteiger partial charge on any atom is 0.303 e. The predicted molar refractivity (Wildman–Crippen MR) is 195 cm³/mol. The largest absolute Gasteiger partial charge is 0.481 e. The number of carboxylic acids is 1. The van der Waals surface area contributed by atoms with Crippen LogP contribution in [0.1, 0.15) is 134 Å². The van der Waals surface area contributed by atoms with Crippen molar-refractivity contribution in [2.24, 2.45) is 0 Å². The minimum absolute atomic E-state index is 0.0245. The number of hydrogen-bond acceptors (Lipinski definition) is 14. The monoisotopic (exact) mass is 787 g/mol. The lowest BCUT2D eigenvalue weighted by atomic mass is 10.00. The van der Waals surface area contributed by atoms with Gasteiger partial charge in [0.15, 0.2) is 0 Å². The van der Waals surface area contributed by atoms with Gasteiger partial charge in [-0.15, -0.1) is 0 Å². The molecule has 2 N–H and O–H groups in total. The van der Waals surface area contributed by atoms with Crippen molar-refractivity contribution in [1.82, 2.24) is 15.3 Å². The molecular formula is C38H49N3O13S. The standard InChI is InChI=1S/C38H49N3O13S/c1-55(53,54)38-40-25-27(26-41-38)5-3-2-4-6-36(50)39-24-23-35(49)20-19-33(47)16-15-31(45)12-11-29(43)8-7-28(42)9-10-30(44)13-14-32(46)17-18-34(48)21-22-37(51)52/h25-26H,2,4,6-24H2,1H3,(H,39,50)(H,51,52). The second-order valence-electron chi connectivity index (χ2n) is 13.0. The molecule has 1 amide bonds. The third kappa shape index (κ3) is 25.5. The lowest BCUT2D eigenvalue weighted by molar-refractivity contribution is -0.138. The van der Waals surface area contributed by atoms with Crippen molar-refractivity contribution in [2.45, 2.75) is 134 Å². The topological polar surface area (TPSA) is 263 Å². The Morgan fingerprint density at radius 2 is 0.873 bits per heavy atom. The van der Waals surface area contributed by atoms with Crippen molar-refractivity contribution in [3.05, 3.63) is 18.0 Å². The van der Waals surface area contributed by atoms with E-state index in [2.05, 4.69) is 27.1 Å². The quantitative estimate of drug-likeness (QED) is 0.0623. The Hall–Kier alpha value is -5.11. The highest BCUT2D eigenvalue weighted by Crippen LogP contribution is 2.10. The Morgan fingerprint density at radius 1 is 0.545 bits per heavy atom. The van der Waals surface area contributed by atoms with E-state index in [1.807, 2.05) is 0 Å². The molecule has 0 saturated carbocycles. The molecular weight excluding hydrogens is 738 g/mol. The summed E-state index contributed by atoms with van der Waals surface area (Å²) in [5.74, 6) is 1.94. The molecule has 0 unspecified atom stereocenters. The number of nitrogens with zero attached hydrogens (tertiary/aromatic N) is 2. The van der Waals surface area contributed by atoms with E-state index < -0.39 is 15.8 Å². The van der Waals surface area contributed by atoms with Gasteiger partial charge in [-0.25, -0.2) is 18.4 Å². The number of carbonyl (C=O) groups is 10. The van der Waals surface area contributed by atoms with Crippen LogP contribution in [-0.4, -0.2) is 94.4 Å². The zero-order valence-electron chi connectivity index (χ0n) is 31.2. The Bertz CT molecular complexity index is 1740. The molecule has 0 spiro atoms. The van der Waals surface area contributed by atoms with E-state index in [1.165, 1.54) is 12.4 Å². The number of aliphatic carboxylic acids is 1. The first-order valence-corrected chi connectivity index (χ1v) is 20.0. The van der Waals surface area contributed by atoms with Crippen molar-refractivity contribution >= 4 is 68.0 Å². The molecule has 0 atom stereocenters. The average Bonchev–Trinajstić information content (AvgIpc) is 3.13. The van der Waals surface area contributed by atoms with Gasteiger partial charge in [0.25, 0.3) is 0 Å². The van der Waals surface area contributed by atoms with E-state index in [0.29, 0.717) is 18.4 Å². The van der Waals surface area contributed by atoms with Crippen LogP contribution in [-0.2, 0) is 57.8 Å². The zero-order chi connectivity index (χ0) is 41.2. The summed E-state index contributed by atoms with van der Waals surface area (Å²) in [6, 6.07) is 0. The van der Waals surface area contributed by atoms with Crippen LogP contribution in [0.4, 0.5) is 0 Å². The first kappa shape index (κ1) is 47.9. The van der Waals surface area contributed by atoms with E-state index in [9.17, 15) is 56.4 Å². The third-order valence-electron chi connectivity index (χ3n) is 8.02. The van der Waals surface area contributed by atoms with Crippen LogP contribution in [0.3, 0.4) is 0 Å². The van der Waals surface area contributed by atoms with Gasteiger partial charge in [-0.05, 0) is 6.42 Å². The van der Waals surface area contributed by atoms with E-state index >= 15 is 0 Å². The molecule has 0 aliphatic carbocycles. The van der Waals surface area contributed by atoms with Gasteiger partial charge >= 0.3 is 5.97 Å². The van der Waals surface area contributed by atoms with Gasteiger partial charge in [0.1, 0.15) is 46.3 Å². The molecule has 300 valence electrons. The minimum atomic E-state index is -3.50. The Balaban J connectivity index is 2.10. The van der Waals surface area contributed by atoms with Crippen LogP contribution in [0.2, 0.25) is 0 Å². The summed E-state index contributed by atoms with van der Waals surface area (Å²) in [4.78, 5) is 126. The zero-order valence-corrected chi connectivity index (χ0v) is 32.0. The number of amides is 1. The van der Waals surface area contributed by atoms with Crippen LogP contribution < -0.4 is 5.32 Å². The molecule has 1 heterocycles. The Labute approximate surface area is 320 Å². The van der Waals surface area contributed by atoms with Gasteiger partial charge in [0, 0.05) is 141 Å².